The average Bonchev–Trinajstić information content (AvgIpc) is 2.96. The molecule has 0 spiro atoms. The zero-order chi connectivity index (χ0) is 32.4. The van der Waals surface area contributed by atoms with Crippen LogP contribution in [-0.2, 0) is 8.85 Å². The van der Waals surface area contributed by atoms with E-state index in [0.29, 0.717) is 17.3 Å². The Morgan fingerprint density at radius 2 is 1.34 bits per heavy atom. The lowest BCUT2D eigenvalue weighted by molar-refractivity contribution is 0.0364. The standard InChI is InChI=1S/C40H64O2Si2/c1-32-25-26-35-36(24-18-27-39(35,8)28-19-30-41-43(10,11)37(2,3)4)40(32,9)29-31-42-44(38(5,6)7,33-20-14-12-15-21-33)34-22-16-13-17-23-34/h12-17,20-23,26,32,36H,18-19,24-25,27-31H2,1-11H3/t32-,36-,39+,40-/m1/s1. The number of hydrogen-bond donors (Lipinski definition) is 0. The second-order valence-corrected chi connectivity index (χ2v) is 26.4. The Bertz CT molecular complexity index is 1200. The van der Waals surface area contributed by atoms with Gasteiger partial charge in [-0.3, -0.25) is 0 Å². The molecule has 0 aromatic heterocycles. The van der Waals surface area contributed by atoms with Crippen LogP contribution >= 0.6 is 0 Å². The predicted molar refractivity (Wildman–Crippen MR) is 196 cm³/mol. The molecule has 2 aliphatic carbocycles. The lowest BCUT2D eigenvalue weighted by atomic mass is 9.51. The molecule has 0 amide bonds. The van der Waals surface area contributed by atoms with Crippen LogP contribution in [0.1, 0.15) is 107 Å². The maximum Gasteiger partial charge on any atom is 0.261 e. The Morgan fingerprint density at radius 3 is 1.86 bits per heavy atom. The molecule has 0 aliphatic heterocycles. The summed E-state index contributed by atoms with van der Waals surface area (Å²) in [6.07, 6.45) is 11.4. The minimum Gasteiger partial charge on any atom is -0.417 e. The third-order valence-corrected chi connectivity index (χ3v) is 22.0. The van der Waals surface area contributed by atoms with Gasteiger partial charge in [0, 0.05) is 13.2 Å². The molecule has 0 N–H and O–H groups in total. The lowest BCUT2D eigenvalue weighted by Crippen LogP contribution is -2.66. The molecule has 4 rings (SSSR count). The molecule has 0 saturated heterocycles. The maximum absolute atomic E-state index is 7.46. The molecule has 0 radical (unpaired) electrons. The Kier molecular flexibility index (Phi) is 10.7. The number of hydrogen-bond acceptors (Lipinski definition) is 2. The molecular formula is C40H64O2Si2. The SMILES string of the molecule is C[C@@H]1CC=C2[C@@H](CCC[C@@]2(C)CCCO[Si](C)(C)C(C)(C)C)[C@]1(C)CCO[Si](c1ccccc1)(c1ccccc1)C(C)(C)C. The van der Waals surface area contributed by atoms with Crippen molar-refractivity contribution in [3.05, 3.63) is 72.3 Å². The smallest absolute Gasteiger partial charge is 0.261 e. The van der Waals surface area contributed by atoms with E-state index in [2.05, 4.69) is 142 Å². The quantitative estimate of drug-likeness (QED) is 0.139. The highest BCUT2D eigenvalue weighted by atomic mass is 28.4. The minimum atomic E-state index is -2.54. The van der Waals surface area contributed by atoms with Crippen LogP contribution in [-0.4, -0.2) is 29.8 Å². The van der Waals surface area contributed by atoms with Crippen molar-refractivity contribution in [2.75, 3.05) is 13.2 Å². The van der Waals surface area contributed by atoms with E-state index >= 15 is 0 Å². The summed E-state index contributed by atoms with van der Waals surface area (Å²) in [5.74, 6) is 1.30. The van der Waals surface area contributed by atoms with Crippen molar-refractivity contribution in [2.24, 2.45) is 22.7 Å². The summed E-state index contributed by atoms with van der Waals surface area (Å²) in [7, 11) is -4.24. The molecule has 1 fully saturated rings. The fourth-order valence-electron chi connectivity index (χ4n) is 8.29. The summed E-state index contributed by atoms with van der Waals surface area (Å²) in [5.41, 5.74) is 2.30. The Balaban J connectivity index is 1.54. The molecule has 44 heavy (non-hydrogen) atoms. The second-order valence-electron chi connectivity index (χ2n) is 17.3. The van der Waals surface area contributed by atoms with E-state index in [9.17, 15) is 0 Å². The van der Waals surface area contributed by atoms with Crippen molar-refractivity contribution in [3.8, 4) is 0 Å². The Morgan fingerprint density at radius 1 is 0.773 bits per heavy atom. The largest absolute Gasteiger partial charge is 0.417 e. The first-order valence-corrected chi connectivity index (χ1v) is 22.4. The van der Waals surface area contributed by atoms with Crippen LogP contribution in [0, 0.1) is 22.7 Å². The van der Waals surface area contributed by atoms with Gasteiger partial charge in [0.1, 0.15) is 0 Å². The second kappa shape index (κ2) is 13.3. The molecule has 4 heteroatoms. The van der Waals surface area contributed by atoms with E-state index in [1.165, 1.54) is 42.5 Å². The minimum absolute atomic E-state index is 0.00967. The number of rotatable bonds is 11. The first-order valence-electron chi connectivity index (χ1n) is 17.6. The van der Waals surface area contributed by atoms with Gasteiger partial charge in [-0.1, -0.05) is 141 Å². The summed E-state index contributed by atoms with van der Waals surface area (Å²) >= 11 is 0. The number of fused-ring (bicyclic) bond motifs is 1. The molecule has 0 heterocycles. The van der Waals surface area contributed by atoms with Crippen LogP contribution in [0.2, 0.25) is 23.2 Å². The van der Waals surface area contributed by atoms with E-state index in [1.54, 1.807) is 5.57 Å². The van der Waals surface area contributed by atoms with Gasteiger partial charge in [-0.15, -0.1) is 0 Å². The first kappa shape index (κ1) is 35.4. The lowest BCUT2D eigenvalue weighted by Gasteiger charge is -2.54. The average molecular weight is 633 g/mol. The van der Waals surface area contributed by atoms with Crippen LogP contribution in [0.5, 0.6) is 0 Å². The third kappa shape index (κ3) is 6.94. The fraction of sp³-hybridized carbons (Fsp3) is 0.650. The normalized spacial score (nSPS) is 26.7. The summed E-state index contributed by atoms with van der Waals surface area (Å²) in [5, 5.41) is 3.04. The van der Waals surface area contributed by atoms with Crippen molar-refractivity contribution < 1.29 is 8.85 Å². The van der Waals surface area contributed by atoms with E-state index in [0.717, 1.165) is 26.1 Å². The van der Waals surface area contributed by atoms with E-state index in [-0.39, 0.29) is 15.5 Å². The van der Waals surface area contributed by atoms with Gasteiger partial charge in [0.05, 0.1) is 0 Å². The van der Waals surface area contributed by atoms with Crippen LogP contribution in [0.3, 0.4) is 0 Å². The summed E-state index contributed by atoms with van der Waals surface area (Å²) in [4.78, 5) is 0. The molecule has 2 aromatic carbocycles. The van der Waals surface area contributed by atoms with Crippen LogP contribution in [0.25, 0.3) is 0 Å². The van der Waals surface area contributed by atoms with Crippen molar-refractivity contribution >= 4 is 27.0 Å². The molecule has 4 atom stereocenters. The van der Waals surface area contributed by atoms with Crippen molar-refractivity contribution in [3.63, 3.8) is 0 Å². The van der Waals surface area contributed by atoms with Crippen molar-refractivity contribution in [1.82, 2.24) is 0 Å². The van der Waals surface area contributed by atoms with Gasteiger partial charge >= 0.3 is 0 Å². The Labute approximate surface area is 273 Å². The molecule has 0 bridgehead atoms. The zero-order valence-corrected chi connectivity index (χ0v) is 32.2. The maximum atomic E-state index is 7.46. The molecule has 244 valence electrons. The van der Waals surface area contributed by atoms with Gasteiger partial charge in [0.25, 0.3) is 8.32 Å². The summed E-state index contributed by atoms with van der Waals surface area (Å²) in [6.45, 7) is 28.4. The Hall–Kier alpha value is -1.47. The highest BCUT2D eigenvalue weighted by Crippen LogP contribution is 2.59. The highest BCUT2D eigenvalue weighted by Gasteiger charge is 2.52. The van der Waals surface area contributed by atoms with Crippen LogP contribution in [0.15, 0.2) is 72.3 Å². The molecule has 2 aliphatic rings. The molecule has 1 saturated carbocycles. The van der Waals surface area contributed by atoms with Gasteiger partial charge in [-0.25, -0.2) is 0 Å². The van der Waals surface area contributed by atoms with E-state index < -0.39 is 16.6 Å². The first-order chi connectivity index (χ1) is 20.5. The molecule has 2 nitrogen and oxygen atoms in total. The zero-order valence-electron chi connectivity index (χ0n) is 30.2. The van der Waals surface area contributed by atoms with Gasteiger partial charge < -0.3 is 8.85 Å². The van der Waals surface area contributed by atoms with Crippen LogP contribution < -0.4 is 10.4 Å². The van der Waals surface area contributed by atoms with E-state index in [1.807, 2.05) is 0 Å². The fourth-order valence-corrected chi connectivity index (χ4v) is 13.9. The third-order valence-electron chi connectivity index (χ3n) is 12.4. The number of benzene rings is 2. The predicted octanol–water partition coefficient (Wildman–Crippen LogP) is 10.5. The summed E-state index contributed by atoms with van der Waals surface area (Å²) in [6, 6.07) is 22.3. The van der Waals surface area contributed by atoms with E-state index in [4.69, 9.17) is 8.85 Å². The number of allylic oxidation sites excluding steroid dienone is 2. The monoisotopic (exact) mass is 632 g/mol. The van der Waals surface area contributed by atoms with Crippen LogP contribution in [0.4, 0.5) is 0 Å². The highest BCUT2D eigenvalue weighted by molar-refractivity contribution is 6.99. The van der Waals surface area contributed by atoms with Gasteiger partial charge in [0.2, 0.25) is 0 Å². The molecular weight excluding hydrogens is 569 g/mol. The topological polar surface area (TPSA) is 18.5 Å². The van der Waals surface area contributed by atoms with Crippen molar-refractivity contribution in [2.45, 2.75) is 130 Å². The molecule has 0 unspecified atom stereocenters. The molecule has 2 aromatic rings. The van der Waals surface area contributed by atoms with Gasteiger partial charge in [-0.2, -0.15) is 0 Å². The summed E-state index contributed by atoms with van der Waals surface area (Å²) < 4.78 is 14.1. The van der Waals surface area contributed by atoms with Gasteiger partial charge in [-0.05, 0) is 94.7 Å². The van der Waals surface area contributed by atoms with Gasteiger partial charge in [0.15, 0.2) is 8.32 Å². The van der Waals surface area contributed by atoms with Crippen molar-refractivity contribution in [1.29, 1.82) is 0 Å².